The molecule has 1 aliphatic rings. The molecule has 0 aromatic heterocycles. The van der Waals surface area contributed by atoms with Crippen LogP contribution in [0, 0.1) is 0 Å². The third-order valence-corrected chi connectivity index (χ3v) is 1.91. The highest BCUT2D eigenvalue weighted by Crippen LogP contribution is 2.22. The van der Waals surface area contributed by atoms with E-state index in [1.807, 2.05) is 0 Å². The van der Waals surface area contributed by atoms with Gasteiger partial charge in [0, 0.05) is 0 Å². The van der Waals surface area contributed by atoms with E-state index in [2.05, 4.69) is 4.74 Å². The first-order valence-corrected chi connectivity index (χ1v) is 3.52. The molecule has 5 N–H and O–H groups in total. The lowest BCUT2D eigenvalue weighted by Crippen LogP contribution is -2.62. The Morgan fingerprint density at radius 3 is 2.42 bits per heavy atom. The van der Waals surface area contributed by atoms with Crippen LogP contribution in [0.3, 0.4) is 0 Å². The van der Waals surface area contributed by atoms with Crippen molar-refractivity contribution in [3.05, 3.63) is 0 Å². The van der Waals surface area contributed by atoms with Gasteiger partial charge in [-0.3, -0.25) is 0 Å². The van der Waals surface area contributed by atoms with Gasteiger partial charge in [0.25, 0.3) is 0 Å². The summed E-state index contributed by atoms with van der Waals surface area (Å²) in [4.78, 5) is 0. The number of aliphatic hydroxyl groups excluding tert-OH is 4. The molecule has 6 nitrogen and oxygen atoms in total. The molecule has 1 saturated heterocycles. The normalized spacial score (nSPS) is 49.2. The van der Waals surface area contributed by atoms with Crippen molar-refractivity contribution in [1.82, 2.24) is 0 Å². The molecule has 1 fully saturated rings. The van der Waals surface area contributed by atoms with Crippen molar-refractivity contribution in [3.8, 4) is 0 Å². The second-order valence-electron chi connectivity index (χ2n) is 2.82. The molecule has 0 spiro atoms. The first-order chi connectivity index (χ1) is 5.51. The number of hydrogen-bond acceptors (Lipinski definition) is 6. The summed E-state index contributed by atoms with van der Waals surface area (Å²) in [5.74, 6) is -2.17. The Labute approximate surface area is 68.6 Å². The van der Waals surface area contributed by atoms with E-state index in [0.717, 1.165) is 0 Å². The molecule has 4 atom stereocenters. The molecule has 0 bridgehead atoms. The molecule has 4 unspecified atom stereocenters. The Balaban J connectivity index is 2.71. The Bertz CT molecular complexity index is 162. The van der Waals surface area contributed by atoms with E-state index < -0.39 is 30.7 Å². The van der Waals surface area contributed by atoms with Gasteiger partial charge in [-0.05, 0) is 0 Å². The minimum absolute atomic E-state index is 0.324. The van der Waals surface area contributed by atoms with Crippen LogP contribution in [0.2, 0.25) is 0 Å². The van der Waals surface area contributed by atoms with Crippen LogP contribution in [0.25, 0.3) is 0 Å². The molecule has 72 valence electrons. The quantitative estimate of drug-likeness (QED) is 0.272. The summed E-state index contributed by atoms with van der Waals surface area (Å²) in [5.41, 5.74) is 0. The average molecular weight is 181 g/mol. The van der Waals surface area contributed by atoms with Gasteiger partial charge in [-0.15, -0.1) is 0 Å². The molecule has 0 amide bonds. The summed E-state index contributed by atoms with van der Waals surface area (Å²) in [6.07, 6.45) is -4.45. The predicted molar refractivity (Wildman–Crippen MR) is 36.0 cm³/mol. The van der Waals surface area contributed by atoms with E-state index in [0.29, 0.717) is 0 Å². The van der Waals surface area contributed by atoms with Gasteiger partial charge in [-0.25, -0.2) is 0 Å². The number of ether oxygens (including phenoxy) is 1. The lowest BCUT2D eigenvalue weighted by atomic mass is 10.0. The topological polar surface area (TPSA) is 110 Å². The number of rotatable bonds is 1. The summed E-state index contributed by atoms with van der Waals surface area (Å²) >= 11 is 0. The summed E-state index contributed by atoms with van der Waals surface area (Å²) < 4.78 is 4.56. The monoisotopic (exact) mass is 181 g/mol. The summed E-state index contributed by atoms with van der Waals surface area (Å²) in [5, 5.41) is 45.0. The molecule has 0 saturated carbocycles. The molecule has 1 rings (SSSR count). The largest absolute Gasteiger partial charge is 0.391 e. The lowest BCUT2D eigenvalue weighted by molar-refractivity contribution is -0.331. The Hall–Kier alpha value is -0.240. The third kappa shape index (κ3) is 1.45. The highest BCUT2D eigenvalue weighted by Gasteiger charge is 2.47. The fraction of sp³-hybridized carbons (Fsp3) is 1.00. The van der Waals surface area contributed by atoms with E-state index in [1.165, 1.54) is 0 Å². The van der Waals surface area contributed by atoms with E-state index in [9.17, 15) is 5.11 Å². The second kappa shape index (κ2) is 3.25. The zero-order chi connectivity index (χ0) is 9.35. The molecule has 1 heterocycles. The minimum atomic E-state index is -2.17. The van der Waals surface area contributed by atoms with Crippen LogP contribution in [-0.2, 0) is 4.74 Å². The van der Waals surface area contributed by atoms with Gasteiger partial charge in [0.1, 0.15) is 18.3 Å². The fourth-order valence-corrected chi connectivity index (χ4v) is 1.03. The zero-order valence-corrected chi connectivity index (χ0v) is 6.29. The van der Waals surface area contributed by atoms with Gasteiger partial charge >= 0.3 is 0 Å². The molecule has 0 aromatic rings. The van der Waals surface area contributed by atoms with E-state index >= 15 is 0 Å². The van der Waals surface area contributed by atoms with Crippen molar-refractivity contribution < 1.29 is 30.3 Å². The maximum Gasteiger partial charge on any atom is 0.218 e. The van der Waals surface area contributed by atoms with Gasteiger partial charge in [0.05, 0.1) is 13.2 Å². The third-order valence-electron chi connectivity index (χ3n) is 1.91. The van der Waals surface area contributed by atoms with Crippen molar-refractivity contribution in [1.29, 1.82) is 0 Å². The maximum absolute atomic E-state index is 9.24. The molecule has 0 radical (unpaired) electrons. The summed E-state index contributed by atoms with van der Waals surface area (Å²) in [6, 6.07) is 0. The van der Waals surface area contributed by atoms with Crippen LogP contribution in [0.4, 0.5) is 0 Å². The predicted octanol–water partition coefficient (Wildman–Crippen LogP) is -3.22. The van der Waals surface area contributed by atoms with E-state index in [4.69, 9.17) is 20.4 Å². The number of aliphatic hydroxyl groups is 5. The van der Waals surface area contributed by atoms with Gasteiger partial charge < -0.3 is 30.3 Å². The zero-order valence-electron chi connectivity index (χ0n) is 6.29. The summed E-state index contributed by atoms with van der Waals surface area (Å²) in [7, 11) is 0. The van der Waals surface area contributed by atoms with Crippen LogP contribution in [0.1, 0.15) is 0 Å². The fourth-order valence-electron chi connectivity index (χ4n) is 1.03. The Morgan fingerprint density at radius 1 is 1.33 bits per heavy atom. The standard InChI is InChI=1S/C6H12O6/c7-2-6(11)5(10)4(9)3(8)1-12-6/h3-5,7-11H,1-2H2/i2+1. The van der Waals surface area contributed by atoms with Crippen molar-refractivity contribution in [2.24, 2.45) is 0 Å². The molecule has 0 aliphatic carbocycles. The smallest absolute Gasteiger partial charge is 0.218 e. The van der Waals surface area contributed by atoms with Gasteiger partial charge in [0.2, 0.25) is 5.79 Å². The molecular weight excluding hydrogens is 169 g/mol. The molecule has 12 heavy (non-hydrogen) atoms. The van der Waals surface area contributed by atoms with Crippen molar-refractivity contribution in [3.63, 3.8) is 0 Å². The van der Waals surface area contributed by atoms with Gasteiger partial charge in [0.15, 0.2) is 0 Å². The Kier molecular flexibility index (Phi) is 2.67. The first-order valence-electron chi connectivity index (χ1n) is 3.52. The van der Waals surface area contributed by atoms with Crippen molar-refractivity contribution >= 4 is 0 Å². The SMILES string of the molecule is O[13CH2]C1(O)OCC(O)C(O)C1O. The minimum Gasteiger partial charge on any atom is -0.391 e. The highest BCUT2D eigenvalue weighted by molar-refractivity contribution is 4.90. The molecule has 6 heteroatoms. The van der Waals surface area contributed by atoms with Crippen LogP contribution >= 0.6 is 0 Å². The maximum atomic E-state index is 9.24. The van der Waals surface area contributed by atoms with Crippen LogP contribution in [0.15, 0.2) is 0 Å². The first kappa shape index (κ1) is 9.85. The molecule has 1 aliphatic heterocycles. The Morgan fingerprint density at radius 2 is 1.92 bits per heavy atom. The second-order valence-corrected chi connectivity index (χ2v) is 2.82. The highest BCUT2D eigenvalue weighted by atomic mass is 16.7. The van der Waals surface area contributed by atoms with Crippen molar-refractivity contribution in [2.45, 2.75) is 24.1 Å². The van der Waals surface area contributed by atoms with Gasteiger partial charge in [-0.1, -0.05) is 0 Å². The summed E-state index contributed by atoms with van der Waals surface area (Å²) in [6.45, 7) is -1.16. The lowest BCUT2D eigenvalue weighted by Gasteiger charge is -2.40. The van der Waals surface area contributed by atoms with Crippen LogP contribution in [-0.4, -0.2) is 62.8 Å². The van der Waals surface area contributed by atoms with E-state index in [1.54, 1.807) is 0 Å². The molecule has 0 aromatic carbocycles. The average Bonchev–Trinajstić information content (AvgIpc) is 2.09. The molecular formula is C6H12O6. The van der Waals surface area contributed by atoms with Crippen LogP contribution < -0.4 is 0 Å². The number of hydrogen-bond donors (Lipinski definition) is 5. The van der Waals surface area contributed by atoms with Crippen LogP contribution in [0.5, 0.6) is 0 Å². The van der Waals surface area contributed by atoms with Gasteiger partial charge in [-0.2, -0.15) is 0 Å². The van der Waals surface area contributed by atoms with Crippen molar-refractivity contribution in [2.75, 3.05) is 13.2 Å². The van der Waals surface area contributed by atoms with E-state index in [-0.39, 0.29) is 6.61 Å².